The maximum Gasteiger partial charge on any atom is 0.250 e. The van der Waals surface area contributed by atoms with E-state index in [-0.39, 0.29) is 11.7 Å². The van der Waals surface area contributed by atoms with E-state index in [4.69, 9.17) is 0 Å². The molecule has 1 spiro atoms. The summed E-state index contributed by atoms with van der Waals surface area (Å²) in [6.45, 7) is 3.76. The lowest BCUT2D eigenvalue weighted by molar-refractivity contribution is -0.122. The molecule has 2 fully saturated rings. The van der Waals surface area contributed by atoms with Gasteiger partial charge in [-0.15, -0.1) is 0 Å². The van der Waals surface area contributed by atoms with Crippen molar-refractivity contribution in [3.8, 4) is 0 Å². The highest BCUT2D eigenvalue weighted by Crippen LogP contribution is 2.37. The van der Waals surface area contributed by atoms with Gasteiger partial charge in [-0.3, -0.25) is 9.69 Å². The summed E-state index contributed by atoms with van der Waals surface area (Å²) in [5.74, 6) is -0.106. The number of hydrogen-bond donors (Lipinski definition) is 2. The van der Waals surface area contributed by atoms with Crippen molar-refractivity contribution in [3.63, 3.8) is 0 Å². The third-order valence-electron chi connectivity index (χ3n) is 6.51. The van der Waals surface area contributed by atoms with Crippen LogP contribution in [0.15, 0.2) is 48.5 Å². The normalized spacial score (nSPS) is 24.0. The Morgan fingerprint density at radius 3 is 2.43 bits per heavy atom. The van der Waals surface area contributed by atoms with E-state index in [2.05, 4.69) is 20.4 Å². The number of carbonyl (C=O) groups excluding carboxylic acids is 1. The number of rotatable bonds is 2. The van der Waals surface area contributed by atoms with Gasteiger partial charge >= 0.3 is 0 Å². The molecule has 0 saturated carbocycles. The van der Waals surface area contributed by atoms with Crippen LogP contribution in [-0.4, -0.2) is 48.6 Å². The highest BCUT2D eigenvalue weighted by Gasteiger charge is 2.45. The molecule has 1 amide bonds. The molecule has 2 aromatic rings. The average Bonchev–Trinajstić information content (AvgIpc) is 3.20. The second-order valence-corrected chi connectivity index (χ2v) is 8.11. The van der Waals surface area contributed by atoms with Gasteiger partial charge in [-0.2, -0.15) is 0 Å². The van der Waals surface area contributed by atoms with Gasteiger partial charge in [0.2, 0.25) is 5.91 Å². The molecule has 0 aliphatic carbocycles. The highest BCUT2D eigenvalue weighted by atomic mass is 19.1. The Kier molecular flexibility index (Phi) is 4.23. The molecule has 6 heteroatoms. The second kappa shape index (κ2) is 6.78. The second-order valence-electron chi connectivity index (χ2n) is 8.11. The SMILES string of the molecule is O=C1Nc2ccccc2NC12CCN([C@H]1CCN(c3ccc(F)cc3)C1)CC2. The molecule has 2 saturated heterocycles. The van der Waals surface area contributed by atoms with Crippen LogP contribution in [0.3, 0.4) is 0 Å². The summed E-state index contributed by atoms with van der Waals surface area (Å²) in [4.78, 5) is 17.6. The first-order valence-electron chi connectivity index (χ1n) is 10.1. The van der Waals surface area contributed by atoms with Crippen LogP contribution in [-0.2, 0) is 4.79 Å². The standard InChI is InChI=1S/C22H25FN4O/c23-16-5-7-17(8-6-16)27-12-9-18(15-27)26-13-10-22(11-14-26)21(28)24-19-3-1-2-4-20(19)25-22/h1-8,18,25H,9-15H2,(H,24,28)/t18-/m0/s1. The molecule has 1 atom stereocenters. The van der Waals surface area contributed by atoms with Crippen molar-refractivity contribution in [2.75, 3.05) is 41.7 Å². The largest absolute Gasteiger partial charge is 0.370 e. The van der Waals surface area contributed by atoms with E-state index in [9.17, 15) is 9.18 Å². The van der Waals surface area contributed by atoms with Gasteiger partial charge in [-0.25, -0.2) is 4.39 Å². The summed E-state index contributed by atoms with van der Waals surface area (Å²) in [6, 6.07) is 15.2. The molecule has 0 bridgehead atoms. The predicted octanol–water partition coefficient (Wildman–Crippen LogP) is 3.30. The zero-order valence-corrected chi connectivity index (χ0v) is 15.8. The third-order valence-corrected chi connectivity index (χ3v) is 6.51. The Morgan fingerprint density at radius 2 is 1.68 bits per heavy atom. The van der Waals surface area contributed by atoms with Gasteiger partial charge in [0.1, 0.15) is 11.4 Å². The molecule has 0 unspecified atom stereocenters. The minimum absolute atomic E-state index is 0.0882. The number of likely N-dealkylation sites (tertiary alicyclic amines) is 1. The first-order chi connectivity index (χ1) is 13.6. The Balaban J connectivity index is 1.23. The fourth-order valence-corrected chi connectivity index (χ4v) is 4.81. The van der Waals surface area contributed by atoms with Crippen molar-refractivity contribution in [1.29, 1.82) is 0 Å². The number of benzene rings is 2. The molecule has 0 radical (unpaired) electrons. The number of halogens is 1. The van der Waals surface area contributed by atoms with Gasteiger partial charge in [0.05, 0.1) is 11.4 Å². The Labute approximate surface area is 164 Å². The summed E-state index contributed by atoms with van der Waals surface area (Å²) in [5.41, 5.74) is 2.47. The van der Waals surface area contributed by atoms with E-state index in [0.29, 0.717) is 6.04 Å². The molecule has 3 heterocycles. The molecule has 2 N–H and O–H groups in total. The molecule has 5 rings (SSSR count). The van der Waals surface area contributed by atoms with Crippen LogP contribution in [0.25, 0.3) is 0 Å². The van der Waals surface area contributed by atoms with Crippen molar-refractivity contribution in [3.05, 3.63) is 54.3 Å². The first-order valence-corrected chi connectivity index (χ1v) is 10.1. The fraction of sp³-hybridized carbons (Fsp3) is 0.409. The van der Waals surface area contributed by atoms with Crippen LogP contribution >= 0.6 is 0 Å². The quantitative estimate of drug-likeness (QED) is 0.839. The number of fused-ring (bicyclic) bond motifs is 1. The maximum atomic E-state index is 13.2. The van der Waals surface area contributed by atoms with E-state index in [0.717, 1.165) is 62.5 Å². The van der Waals surface area contributed by atoms with Crippen molar-refractivity contribution < 1.29 is 9.18 Å². The Morgan fingerprint density at radius 1 is 0.964 bits per heavy atom. The molecule has 3 aliphatic heterocycles. The van der Waals surface area contributed by atoms with Crippen LogP contribution in [0.5, 0.6) is 0 Å². The van der Waals surface area contributed by atoms with E-state index in [1.807, 2.05) is 36.4 Å². The first kappa shape index (κ1) is 17.5. The molecule has 28 heavy (non-hydrogen) atoms. The summed E-state index contributed by atoms with van der Waals surface area (Å²) >= 11 is 0. The topological polar surface area (TPSA) is 47.6 Å². The monoisotopic (exact) mass is 380 g/mol. The Hall–Kier alpha value is -2.60. The number of nitrogens with zero attached hydrogens (tertiary/aromatic N) is 2. The van der Waals surface area contributed by atoms with Gasteiger partial charge in [0.25, 0.3) is 0 Å². The number of carbonyl (C=O) groups is 1. The van der Waals surface area contributed by atoms with Crippen molar-refractivity contribution >= 4 is 23.0 Å². The average molecular weight is 380 g/mol. The van der Waals surface area contributed by atoms with Crippen LogP contribution in [0, 0.1) is 5.82 Å². The minimum Gasteiger partial charge on any atom is -0.370 e. The molecule has 146 valence electrons. The zero-order valence-electron chi connectivity index (χ0n) is 15.8. The number of amides is 1. The highest BCUT2D eigenvalue weighted by molar-refractivity contribution is 6.06. The number of hydrogen-bond acceptors (Lipinski definition) is 4. The molecular weight excluding hydrogens is 355 g/mol. The lowest BCUT2D eigenvalue weighted by Gasteiger charge is -2.45. The van der Waals surface area contributed by atoms with Gasteiger partial charge < -0.3 is 15.5 Å². The van der Waals surface area contributed by atoms with Gasteiger partial charge in [0.15, 0.2) is 0 Å². The molecule has 0 aromatic heterocycles. The lowest BCUT2D eigenvalue weighted by Crippen LogP contribution is -2.59. The van der Waals surface area contributed by atoms with E-state index < -0.39 is 5.54 Å². The van der Waals surface area contributed by atoms with E-state index >= 15 is 0 Å². The summed E-state index contributed by atoms with van der Waals surface area (Å²) in [5, 5.41) is 6.61. The summed E-state index contributed by atoms with van der Waals surface area (Å²) in [6.07, 6.45) is 2.72. The number of nitrogens with one attached hydrogen (secondary N) is 2. The van der Waals surface area contributed by atoms with E-state index in [1.165, 1.54) is 12.1 Å². The van der Waals surface area contributed by atoms with Crippen LogP contribution in [0.4, 0.5) is 21.5 Å². The summed E-state index contributed by atoms with van der Waals surface area (Å²) in [7, 11) is 0. The van der Waals surface area contributed by atoms with Gasteiger partial charge in [-0.05, 0) is 55.7 Å². The predicted molar refractivity (Wildman–Crippen MR) is 109 cm³/mol. The maximum absolute atomic E-state index is 13.2. The van der Waals surface area contributed by atoms with Crippen LogP contribution in [0.2, 0.25) is 0 Å². The van der Waals surface area contributed by atoms with E-state index in [1.54, 1.807) is 0 Å². The van der Waals surface area contributed by atoms with Crippen molar-refractivity contribution in [2.45, 2.75) is 30.8 Å². The fourth-order valence-electron chi connectivity index (χ4n) is 4.81. The molecule has 5 nitrogen and oxygen atoms in total. The minimum atomic E-state index is -0.500. The lowest BCUT2D eigenvalue weighted by atomic mass is 9.84. The van der Waals surface area contributed by atoms with Gasteiger partial charge in [0, 0.05) is 37.9 Å². The Bertz CT molecular complexity index is 876. The zero-order chi connectivity index (χ0) is 19.1. The van der Waals surface area contributed by atoms with Crippen LogP contribution < -0.4 is 15.5 Å². The third kappa shape index (κ3) is 3.02. The number of para-hydroxylation sites is 2. The molecule has 2 aromatic carbocycles. The molecular formula is C22H25FN4O. The molecule has 3 aliphatic rings. The number of piperidine rings is 1. The van der Waals surface area contributed by atoms with Crippen molar-refractivity contribution in [2.24, 2.45) is 0 Å². The smallest absolute Gasteiger partial charge is 0.250 e. The number of anilines is 3. The summed E-state index contributed by atoms with van der Waals surface area (Å²) < 4.78 is 13.2. The van der Waals surface area contributed by atoms with Gasteiger partial charge in [-0.1, -0.05) is 12.1 Å². The van der Waals surface area contributed by atoms with Crippen LogP contribution in [0.1, 0.15) is 19.3 Å². The van der Waals surface area contributed by atoms with Crippen molar-refractivity contribution in [1.82, 2.24) is 4.90 Å².